The van der Waals surface area contributed by atoms with E-state index in [1.165, 1.54) is 25.7 Å². The number of aromatic nitrogens is 2. The third-order valence-electron chi connectivity index (χ3n) is 5.56. The third-order valence-corrected chi connectivity index (χ3v) is 5.56. The zero-order chi connectivity index (χ0) is 15.8. The van der Waals surface area contributed by atoms with Crippen LogP contribution in [0.3, 0.4) is 0 Å². The van der Waals surface area contributed by atoms with Crippen LogP contribution in [0.1, 0.15) is 48.9 Å². The summed E-state index contributed by atoms with van der Waals surface area (Å²) in [6.07, 6.45) is 8.96. The van der Waals surface area contributed by atoms with Crippen molar-refractivity contribution < 1.29 is 9.21 Å². The van der Waals surface area contributed by atoms with Crippen molar-refractivity contribution in [1.82, 2.24) is 15.1 Å². The van der Waals surface area contributed by atoms with Crippen molar-refractivity contribution in [2.45, 2.75) is 45.2 Å². The molecular formula is C18H23N3O2. The Labute approximate surface area is 136 Å². The molecule has 1 amide bonds. The molecule has 2 saturated carbocycles. The summed E-state index contributed by atoms with van der Waals surface area (Å²) in [4.78, 5) is 12.4. The first-order chi connectivity index (χ1) is 11.2. The summed E-state index contributed by atoms with van der Waals surface area (Å²) < 4.78 is 7.45. The Morgan fingerprint density at radius 2 is 2.35 bits per heavy atom. The van der Waals surface area contributed by atoms with E-state index in [0.717, 1.165) is 17.6 Å². The van der Waals surface area contributed by atoms with Crippen LogP contribution in [0.4, 0.5) is 0 Å². The zero-order valence-electron chi connectivity index (χ0n) is 13.4. The number of amides is 1. The number of rotatable bonds is 5. The number of nitrogens with zero attached hydrogens (tertiary/aromatic N) is 2. The number of fused-ring (bicyclic) bond motifs is 2. The Kier molecular flexibility index (Phi) is 3.71. The van der Waals surface area contributed by atoms with Gasteiger partial charge in [0.1, 0.15) is 5.76 Å². The second-order valence-electron chi connectivity index (χ2n) is 7.07. The molecule has 2 heterocycles. The lowest BCUT2D eigenvalue weighted by Crippen LogP contribution is -2.40. The molecule has 2 fully saturated rings. The van der Waals surface area contributed by atoms with Crippen molar-refractivity contribution in [2.24, 2.45) is 17.8 Å². The van der Waals surface area contributed by atoms with Gasteiger partial charge in [0.15, 0.2) is 5.76 Å². The van der Waals surface area contributed by atoms with Crippen LogP contribution in [0, 0.1) is 17.8 Å². The molecule has 2 aromatic rings. The van der Waals surface area contributed by atoms with Gasteiger partial charge in [-0.3, -0.25) is 9.48 Å². The average Bonchev–Trinajstić information content (AvgIpc) is 3.32. The summed E-state index contributed by atoms with van der Waals surface area (Å²) in [5, 5.41) is 7.28. The minimum Gasteiger partial charge on any atom is -0.454 e. The maximum atomic E-state index is 12.4. The van der Waals surface area contributed by atoms with Crippen LogP contribution < -0.4 is 5.32 Å². The molecule has 4 atom stereocenters. The second kappa shape index (κ2) is 5.87. The molecule has 0 aromatic carbocycles. The molecule has 0 saturated heterocycles. The van der Waals surface area contributed by atoms with E-state index >= 15 is 0 Å². The average molecular weight is 313 g/mol. The number of furan rings is 1. The highest BCUT2D eigenvalue weighted by Crippen LogP contribution is 2.49. The lowest BCUT2D eigenvalue weighted by molar-refractivity contribution is 0.0885. The Bertz CT molecular complexity index is 676. The van der Waals surface area contributed by atoms with Crippen LogP contribution in [0.5, 0.6) is 0 Å². The van der Waals surface area contributed by atoms with Crippen molar-refractivity contribution >= 4 is 5.91 Å². The van der Waals surface area contributed by atoms with Crippen molar-refractivity contribution in [3.05, 3.63) is 42.1 Å². The van der Waals surface area contributed by atoms with E-state index in [4.69, 9.17) is 4.42 Å². The summed E-state index contributed by atoms with van der Waals surface area (Å²) >= 11 is 0. The minimum absolute atomic E-state index is 0.105. The zero-order valence-corrected chi connectivity index (χ0v) is 13.4. The molecule has 2 aromatic heterocycles. The number of nitrogens with one attached hydrogen (secondary N) is 1. The second-order valence-corrected chi connectivity index (χ2v) is 7.07. The number of carbonyl (C=O) groups excluding carboxylic acids is 1. The molecule has 0 spiro atoms. The minimum atomic E-state index is -0.105. The first kappa shape index (κ1) is 14.5. The van der Waals surface area contributed by atoms with Gasteiger partial charge >= 0.3 is 0 Å². The van der Waals surface area contributed by atoms with E-state index in [1.54, 1.807) is 16.9 Å². The quantitative estimate of drug-likeness (QED) is 0.923. The Morgan fingerprint density at radius 3 is 3.04 bits per heavy atom. The molecule has 5 heteroatoms. The van der Waals surface area contributed by atoms with Gasteiger partial charge in [-0.2, -0.15) is 5.10 Å². The van der Waals surface area contributed by atoms with Crippen molar-refractivity contribution in [1.29, 1.82) is 0 Å². The summed E-state index contributed by atoms with van der Waals surface area (Å²) in [5.74, 6) is 3.37. The fourth-order valence-electron chi connectivity index (χ4n) is 4.43. The Hall–Kier alpha value is -2.04. The molecule has 2 aliphatic rings. The van der Waals surface area contributed by atoms with Crippen LogP contribution in [0.25, 0.3) is 0 Å². The van der Waals surface area contributed by atoms with Gasteiger partial charge in [0, 0.05) is 18.4 Å². The van der Waals surface area contributed by atoms with E-state index in [9.17, 15) is 4.79 Å². The number of carbonyl (C=O) groups is 1. The SMILES string of the molecule is CC(NC(=O)c1ccc(Cn2cccn2)o1)C1CC2CCC1C2. The Balaban J connectivity index is 1.36. The summed E-state index contributed by atoms with van der Waals surface area (Å²) in [6.45, 7) is 2.68. The Morgan fingerprint density at radius 1 is 1.43 bits per heavy atom. The molecule has 2 bridgehead atoms. The normalized spacial score (nSPS) is 27.3. The van der Waals surface area contributed by atoms with E-state index in [0.29, 0.717) is 18.2 Å². The van der Waals surface area contributed by atoms with E-state index < -0.39 is 0 Å². The number of hydrogen-bond donors (Lipinski definition) is 1. The van der Waals surface area contributed by atoms with Gasteiger partial charge in [-0.25, -0.2) is 0 Å². The molecule has 5 nitrogen and oxygen atoms in total. The molecule has 4 rings (SSSR count). The fraction of sp³-hybridized carbons (Fsp3) is 0.556. The highest BCUT2D eigenvalue weighted by molar-refractivity contribution is 5.91. The first-order valence-electron chi connectivity index (χ1n) is 8.56. The smallest absolute Gasteiger partial charge is 0.287 e. The van der Waals surface area contributed by atoms with Crippen molar-refractivity contribution in [2.75, 3.05) is 0 Å². The van der Waals surface area contributed by atoms with Crippen molar-refractivity contribution in [3.63, 3.8) is 0 Å². The van der Waals surface area contributed by atoms with Gasteiger partial charge in [0.05, 0.1) is 6.54 Å². The topological polar surface area (TPSA) is 60.1 Å². The summed E-state index contributed by atoms with van der Waals surface area (Å²) in [7, 11) is 0. The van der Waals surface area contributed by atoms with E-state index in [2.05, 4.69) is 17.3 Å². The van der Waals surface area contributed by atoms with Gasteiger partial charge in [0.25, 0.3) is 5.91 Å². The molecule has 1 N–H and O–H groups in total. The molecule has 122 valence electrons. The maximum Gasteiger partial charge on any atom is 0.287 e. The van der Waals surface area contributed by atoms with Crippen LogP contribution in [-0.4, -0.2) is 21.7 Å². The molecular weight excluding hydrogens is 290 g/mol. The third kappa shape index (κ3) is 2.92. The number of hydrogen-bond acceptors (Lipinski definition) is 3. The lowest BCUT2D eigenvalue weighted by Gasteiger charge is -2.28. The first-order valence-corrected chi connectivity index (χ1v) is 8.56. The van der Waals surface area contributed by atoms with Crippen LogP contribution in [-0.2, 0) is 6.54 Å². The molecule has 0 aliphatic heterocycles. The van der Waals surface area contributed by atoms with Crippen LogP contribution in [0.15, 0.2) is 35.0 Å². The molecule has 4 unspecified atom stereocenters. The van der Waals surface area contributed by atoms with Gasteiger partial charge < -0.3 is 9.73 Å². The molecule has 23 heavy (non-hydrogen) atoms. The predicted molar refractivity (Wildman–Crippen MR) is 85.9 cm³/mol. The molecule has 2 aliphatic carbocycles. The lowest BCUT2D eigenvalue weighted by atomic mass is 9.84. The molecule has 0 radical (unpaired) electrons. The highest BCUT2D eigenvalue weighted by Gasteiger charge is 2.42. The maximum absolute atomic E-state index is 12.4. The van der Waals surface area contributed by atoms with Gasteiger partial charge in [0.2, 0.25) is 0 Å². The van der Waals surface area contributed by atoms with Crippen LogP contribution >= 0.6 is 0 Å². The predicted octanol–water partition coefficient (Wildman–Crippen LogP) is 3.08. The fourth-order valence-corrected chi connectivity index (χ4v) is 4.43. The van der Waals surface area contributed by atoms with Gasteiger partial charge in [-0.15, -0.1) is 0 Å². The van der Waals surface area contributed by atoms with Crippen molar-refractivity contribution in [3.8, 4) is 0 Å². The van der Waals surface area contributed by atoms with E-state index in [1.807, 2.05) is 18.3 Å². The standard InChI is InChI=1S/C18H23N3O2/c1-12(16-10-13-3-4-14(16)9-13)20-18(22)17-6-5-15(23-17)11-21-8-2-7-19-21/h2,5-8,12-14,16H,3-4,9-11H2,1H3,(H,20,22). The van der Waals surface area contributed by atoms with E-state index in [-0.39, 0.29) is 11.9 Å². The largest absolute Gasteiger partial charge is 0.454 e. The monoisotopic (exact) mass is 313 g/mol. The van der Waals surface area contributed by atoms with Crippen LogP contribution in [0.2, 0.25) is 0 Å². The summed E-state index contributed by atoms with van der Waals surface area (Å²) in [5.41, 5.74) is 0. The van der Waals surface area contributed by atoms with Gasteiger partial charge in [-0.05, 0) is 62.1 Å². The van der Waals surface area contributed by atoms with Gasteiger partial charge in [-0.1, -0.05) is 6.42 Å². The summed E-state index contributed by atoms with van der Waals surface area (Å²) in [6, 6.07) is 5.69. The highest BCUT2D eigenvalue weighted by atomic mass is 16.4.